The molecule has 1 atom stereocenters. The minimum atomic E-state index is -0.0235. The number of amides is 1. The Balaban J connectivity index is 1.85. The van der Waals surface area contributed by atoms with Crippen LogP contribution >= 0.6 is 0 Å². The number of nitrogens with zero attached hydrogens (tertiary/aromatic N) is 3. The predicted molar refractivity (Wildman–Crippen MR) is 110 cm³/mol. The zero-order valence-corrected chi connectivity index (χ0v) is 16.7. The smallest absolute Gasteiger partial charge is 0.254 e. The summed E-state index contributed by atoms with van der Waals surface area (Å²) in [6.45, 7) is 3.98. The number of aromatic nitrogens is 2. The van der Waals surface area contributed by atoms with Gasteiger partial charge in [0.2, 0.25) is 0 Å². The first kappa shape index (κ1) is 19.5. The van der Waals surface area contributed by atoms with Crippen LogP contribution in [-0.4, -0.2) is 35.2 Å². The van der Waals surface area contributed by atoms with Crippen molar-refractivity contribution in [2.45, 2.75) is 26.3 Å². The lowest BCUT2D eigenvalue weighted by Crippen LogP contribution is -2.31. The highest BCUT2D eigenvalue weighted by Crippen LogP contribution is 2.27. The Morgan fingerprint density at radius 3 is 2.43 bits per heavy atom. The zero-order valence-electron chi connectivity index (χ0n) is 16.7. The Morgan fingerprint density at radius 2 is 1.82 bits per heavy atom. The summed E-state index contributed by atoms with van der Waals surface area (Å²) in [6.07, 6.45) is 0.817. The quantitative estimate of drug-likeness (QED) is 0.627. The predicted octanol–water partition coefficient (Wildman–Crippen LogP) is 4.68. The summed E-state index contributed by atoms with van der Waals surface area (Å²) in [4.78, 5) is 14.9. The van der Waals surface area contributed by atoms with Crippen LogP contribution in [0.4, 0.5) is 0 Å². The highest BCUT2D eigenvalue weighted by Gasteiger charge is 2.22. The third-order valence-electron chi connectivity index (χ3n) is 4.88. The van der Waals surface area contributed by atoms with Crippen molar-refractivity contribution >= 4 is 5.91 Å². The van der Waals surface area contributed by atoms with Crippen LogP contribution in [0.1, 0.15) is 41.0 Å². The van der Waals surface area contributed by atoms with Crippen molar-refractivity contribution in [3.63, 3.8) is 0 Å². The average molecular weight is 375 g/mol. The maximum Gasteiger partial charge on any atom is 0.254 e. The summed E-state index contributed by atoms with van der Waals surface area (Å²) in [5, 5.41) is 8.33. The molecule has 0 radical (unpaired) electrons. The van der Waals surface area contributed by atoms with E-state index in [1.165, 1.54) is 0 Å². The number of ether oxygens (including phenoxy) is 1. The van der Waals surface area contributed by atoms with Crippen molar-refractivity contribution in [1.82, 2.24) is 15.1 Å². The van der Waals surface area contributed by atoms with E-state index in [-0.39, 0.29) is 11.9 Å². The van der Waals surface area contributed by atoms with E-state index in [2.05, 4.69) is 17.1 Å². The van der Waals surface area contributed by atoms with Gasteiger partial charge in [0.15, 0.2) is 0 Å². The maximum absolute atomic E-state index is 13.1. The minimum absolute atomic E-state index is 0.0128. The number of methoxy groups -OCH3 is 1. The molecular weight excluding hydrogens is 350 g/mol. The van der Waals surface area contributed by atoms with Crippen LogP contribution < -0.4 is 4.74 Å². The average Bonchev–Trinajstić information content (AvgIpc) is 2.74. The van der Waals surface area contributed by atoms with Crippen molar-refractivity contribution in [2.24, 2.45) is 0 Å². The van der Waals surface area contributed by atoms with Gasteiger partial charge in [-0.15, -0.1) is 0 Å². The van der Waals surface area contributed by atoms with Crippen LogP contribution in [0.25, 0.3) is 11.3 Å². The van der Waals surface area contributed by atoms with E-state index in [0.29, 0.717) is 5.56 Å². The third kappa shape index (κ3) is 4.19. The van der Waals surface area contributed by atoms with Crippen LogP contribution in [0.2, 0.25) is 0 Å². The molecule has 2 aromatic carbocycles. The Hall–Kier alpha value is -3.21. The second-order valence-corrected chi connectivity index (χ2v) is 6.75. The maximum atomic E-state index is 13.1. The van der Waals surface area contributed by atoms with Gasteiger partial charge in [-0.05, 0) is 55.3 Å². The molecule has 0 saturated heterocycles. The van der Waals surface area contributed by atoms with Crippen molar-refractivity contribution in [1.29, 1.82) is 0 Å². The standard InChI is InChI=1S/C23H25N3O2/c1-5-22(17-10-12-20(28-4)13-11-17)26(3)23(27)19-8-6-7-18(15-19)21-14-9-16(2)24-25-21/h6-15,22H,5H2,1-4H3. The van der Waals surface area contributed by atoms with E-state index in [1.807, 2.05) is 74.6 Å². The first-order chi connectivity index (χ1) is 13.5. The van der Waals surface area contributed by atoms with Gasteiger partial charge in [0.05, 0.1) is 24.5 Å². The van der Waals surface area contributed by atoms with Crippen LogP contribution in [-0.2, 0) is 0 Å². The highest BCUT2D eigenvalue weighted by atomic mass is 16.5. The number of aryl methyl sites for hydroxylation is 1. The normalized spacial score (nSPS) is 11.7. The first-order valence-electron chi connectivity index (χ1n) is 9.35. The molecule has 1 unspecified atom stereocenters. The summed E-state index contributed by atoms with van der Waals surface area (Å²) >= 11 is 0. The second kappa shape index (κ2) is 8.65. The van der Waals surface area contributed by atoms with Gasteiger partial charge in [-0.2, -0.15) is 10.2 Å². The summed E-state index contributed by atoms with van der Waals surface area (Å²) in [6, 6.07) is 19.2. The number of hydrogen-bond donors (Lipinski definition) is 0. The van der Waals surface area contributed by atoms with Crippen LogP contribution in [0.3, 0.4) is 0 Å². The topological polar surface area (TPSA) is 55.3 Å². The van der Waals surface area contributed by atoms with Crippen LogP contribution in [0, 0.1) is 6.92 Å². The molecule has 0 aliphatic rings. The van der Waals surface area contributed by atoms with E-state index in [9.17, 15) is 4.79 Å². The fourth-order valence-electron chi connectivity index (χ4n) is 3.27. The lowest BCUT2D eigenvalue weighted by atomic mass is 10.0. The molecule has 0 N–H and O–H groups in total. The molecule has 0 fully saturated rings. The summed E-state index contributed by atoms with van der Waals surface area (Å²) in [5.41, 5.74) is 4.21. The van der Waals surface area contributed by atoms with E-state index in [0.717, 1.165) is 34.7 Å². The third-order valence-corrected chi connectivity index (χ3v) is 4.88. The molecule has 0 saturated carbocycles. The SMILES string of the molecule is CCC(c1ccc(OC)cc1)N(C)C(=O)c1cccc(-c2ccc(C)nn2)c1. The number of carbonyl (C=O) groups excluding carboxylic acids is 1. The summed E-state index contributed by atoms with van der Waals surface area (Å²) in [5.74, 6) is 0.782. The van der Waals surface area contributed by atoms with Gasteiger partial charge < -0.3 is 9.64 Å². The molecule has 1 aromatic heterocycles. The van der Waals surface area contributed by atoms with Crippen LogP contribution in [0.15, 0.2) is 60.7 Å². The fourth-order valence-corrected chi connectivity index (χ4v) is 3.27. The molecule has 0 aliphatic heterocycles. The first-order valence-corrected chi connectivity index (χ1v) is 9.35. The van der Waals surface area contributed by atoms with Crippen molar-refractivity contribution in [3.8, 4) is 17.0 Å². The molecule has 1 heterocycles. The van der Waals surface area contributed by atoms with E-state index < -0.39 is 0 Å². The van der Waals surface area contributed by atoms with Gasteiger partial charge in [-0.25, -0.2) is 0 Å². The van der Waals surface area contributed by atoms with Gasteiger partial charge in [-0.1, -0.05) is 31.2 Å². The van der Waals surface area contributed by atoms with Gasteiger partial charge in [-0.3, -0.25) is 4.79 Å². The summed E-state index contributed by atoms with van der Waals surface area (Å²) < 4.78 is 5.23. The van der Waals surface area contributed by atoms with Gasteiger partial charge in [0.25, 0.3) is 5.91 Å². The number of carbonyl (C=O) groups is 1. The van der Waals surface area contributed by atoms with Gasteiger partial charge >= 0.3 is 0 Å². The molecule has 3 aromatic rings. The van der Waals surface area contributed by atoms with Gasteiger partial charge in [0, 0.05) is 18.2 Å². The lowest BCUT2D eigenvalue weighted by Gasteiger charge is -2.28. The highest BCUT2D eigenvalue weighted by molar-refractivity contribution is 5.95. The molecule has 0 bridgehead atoms. The molecule has 5 nitrogen and oxygen atoms in total. The number of benzene rings is 2. The van der Waals surface area contributed by atoms with Crippen molar-refractivity contribution in [3.05, 3.63) is 77.5 Å². The molecule has 144 valence electrons. The van der Waals surface area contributed by atoms with Crippen molar-refractivity contribution in [2.75, 3.05) is 14.2 Å². The molecule has 28 heavy (non-hydrogen) atoms. The molecule has 5 heteroatoms. The lowest BCUT2D eigenvalue weighted by molar-refractivity contribution is 0.0726. The monoisotopic (exact) mass is 375 g/mol. The largest absolute Gasteiger partial charge is 0.497 e. The Morgan fingerprint density at radius 1 is 1.07 bits per heavy atom. The molecule has 3 rings (SSSR count). The van der Waals surface area contributed by atoms with E-state index in [1.54, 1.807) is 12.0 Å². The number of hydrogen-bond acceptors (Lipinski definition) is 4. The van der Waals surface area contributed by atoms with Gasteiger partial charge in [0.1, 0.15) is 5.75 Å². The Bertz CT molecular complexity index is 937. The molecule has 0 aliphatic carbocycles. The minimum Gasteiger partial charge on any atom is -0.497 e. The van der Waals surface area contributed by atoms with E-state index in [4.69, 9.17) is 4.74 Å². The van der Waals surface area contributed by atoms with E-state index >= 15 is 0 Å². The Labute approximate surface area is 166 Å². The summed E-state index contributed by atoms with van der Waals surface area (Å²) in [7, 11) is 3.49. The zero-order chi connectivity index (χ0) is 20.1. The molecule has 1 amide bonds. The fraction of sp³-hybridized carbons (Fsp3) is 0.261. The second-order valence-electron chi connectivity index (χ2n) is 6.75. The number of rotatable bonds is 6. The Kier molecular flexibility index (Phi) is 6.04. The van der Waals surface area contributed by atoms with Crippen LogP contribution in [0.5, 0.6) is 5.75 Å². The van der Waals surface area contributed by atoms with Crippen molar-refractivity contribution < 1.29 is 9.53 Å². The molecule has 0 spiro atoms. The molecular formula is C23H25N3O2.